The number of alkyl halides is 3. The van der Waals surface area contributed by atoms with Gasteiger partial charge in [0, 0.05) is 19.7 Å². The Hall–Kier alpha value is -1.51. The summed E-state index contributed by atoms with van der Waals surface area (Å²) in [5.41, 5.74) is 0. The molecule has 0 aliphatic carbocycles. The van der Waals surface area contributed by atoms with Gasteiger partial charge < -0.3 is 19.6 Å². The molecule has 0 aromatic carbocycles. The summed E-state index contributed by atoms with van der Waals surface area (Å²) in [5, 5.41) is 8.62. The lowest BCUT2D eigenvalue weighted by molar-refractivity contribution is -0.150. The van der Waals surface area contributed by atoms with E-state index >= 15 is 0 Å². The van der Waals surface area contributed by atoms with Gasteiger partial charge in [-0.1, -0.05) is 0 Å². The molecule has 9 heteroatoms. The summed E-state index contributed by atoms with van der Waals surface area (Å²) in [6.45, 7) is 0.876. The van der Waals surface area contributed by atoms with Crippen LogP contribution in [-0.4, -0.2) is 72.5 Å². The monoisotopic (exact) mass is 300 g/mol. The Morgan fingerprint density at radius 1 is 1.30 bits per heavy atom. The number of halogens is 3. The molecule has 0 aliphatic heterocycles. The third-order valence-electron chi connectivity index (χ3n) is 2.37. The molecule has 0 radical (unpaired) electrons. The summed E-state index contributed by atoms with van der Waals surface area (Å²) in [5.74, 6) is -1.50. The standard InChI is InChI=1S/C11H19F3N2O4/c1-8(2)16(4-5-20-3)10(19)15(6-9(17)18)7-11(12,13)14/h8H,4-7H2,1-3H3,(H,17,18). The lowest BCUT2D eigenvalue weighted by Gasteiger charge is -2.32. The first-order chi connectivity index (χ1) is 9.08. The molecule has 0 heterocycles. The lowest BCUT2D eigenvalue weighted by atomic mass is 10.3. The first-order valence-electron chi connectivity index (χ1n) is 5.91. The number of aliphatic carboxylic acids is 1. The summed E-state index contributed by atoms with van der Waals surface area (Å²) in [7, 11) is 1.40. The van der Waals surface area contributed by atoms with Crippen molar-refractivity contribution in [2.24, 2.45) is 0 Å². The number of amides is 2. The number of methoxy groups -OCH3 is 1. The van der Waals surface area contributed by atoms with E-state index in [4.69, 9.17) is 9.84 Å². The fourth-order valence-electron chi connectivity index (χ4n) is 1.52. The average molecular weight is 300 g/mol. The Morgan fingerprint density at radius 2 is 1.85 bits per heavy atom. The molecule has 0 aromatic rings. The molecule has 0 fully saturated rings. The van der Waals surface area contributed by atoms with Gasteiger partial charge in [0.05, 0.1) is 6.61 Å². The van der Waals surface area contributed by atoms with Gasteiger partial charge in [-0.05, 0) is 13.8 Å². The van der Waals surface area contributed by atoms with Gasteiger partial charge in [0.2, 0.25) is 0 Å². The summed E-state index contributed by atoms with van der Waals surface area (Å²) >= 11 is 0. The van der Waals surface area contributed by atoms with Crippen molar-refractivity contribution in [3.8, 4) is 0 Å². The predicted octanol–water partition coefficient (Wildman–Crippen LogP) is 1.41. The SMILES string of the molecule is COCCN(C(=O)N(CC(=O)O)CC(F)(F)F)C(C)C. The second-order valence-corrected chi connectivity index (χ2v) is 4.43. The number of hydrogen-bond acceptors (Lipinski definition) is 3. The summed E-state index contributed by atoms with van der Waals surface area (Å²) in [4.78, 5) is 24.0. The van der Waals surface area contributed by atoms with Crippen LogP contribution in [0.3, 0.4) is 0 Å². The van der Waals surface area contributed by atoms with E-state index in [1.807, 2.05) is 0 Å². The van der Waals surface area contributed by atoms with Crippen LogP contribution >= 0.6 is 0 Å². The van der Waals surface area contributed by atoms with Gasteiger partial charge in [-0.2, -0.15) is 13.2 Å². The number of hydrogen-bond donors (Lipinski definition) is 1. The van der Waals surface area contributed by atoms with E-state index in [0.717, 1.165) is 4.90 Å². The van der Waals surface area contributed by atoms with Gasteiger partial charge in [0.15, 0.2) is 0 Å². The van der Waals surface area contributed by atoms with Crippen LogP contribution in [0.1, 0.15) is 13.8 Å². The van der Waals surface area contributed by atoms with Crippen molar-refractivity contribution in [2.75, 3.05) is 33.4 Å². The quantitative estimate of drug-likeness (QED) is 0.772. The topological polar surface area (TPSA) is 70.1 Å². The maximum absolute atomic E-state index is 12.4. The molecule has 118 valence electrons. The van der Waals surface area contributed by atoms with E-state index in [2.05, 4.69) is 0 Å². The molecule has 6 nitrogen and oxygen atoms in total. The minimum atomic E-state index is -4.66. The van der Waals surface area contributed by atoms with E-state index in [0.29, 0.717) is 0 Å². The van der Waals surface area contributed by atoms with Gasteiger partial charge in [-0.15, -0.1) is 0 Å². The van der Waals surface area contributed by atoms with Crippen molar-refractivity contribution >= 4 is 12.0 Å². The van der Waals surface area contributed by atoms with Gasteiger partial charge in [-0.3, -0.25) is 4.79 Å². The number of carboxylic acid groups (broad SMARTS) is 1. The van der Waals surface area contributed by atoms with Crippen molar-refractivity contribution < 1.29 is 32.6 Å². The third-order valence-corrected chi connectivity index (χ3v) is 2.37. The fourth-order valence-corrected chi connectivity index (χ4v) is 1.52. The van der Waals surface area contributed by atoms with Crippen LogP contribution in [0.25, 0.3) is 0 Å². The van der Waals surface area contributed by atoms with E-state index < -0.39 is 31.3 Å². The van der Waals surface area contributed by atoms with Gasteiger partial charge in [0.25, 0.3) is 0 Å². The zero-order chi connectivity index (χ0) is 15.9. The molecule has 2 amide bonds. The summed E-state index contributed by atoms with van der Waals surface area (Å²) in [6, 6.07) is -1.35. The van der Waals surface area contributed by atoms with Crippen LogP contribution in [-0.2, 0) is 9.53 Å². The average Bonchev–Trinajstić information content (AvgIpc) is 2.25. The normalized spacial score (nSPS) is 11.6. The van der Waals surface area contributed by atoms with Gasteiger partial charge >= 0.3 is 18.2 Å². The number of carboxylic acids is 1. The molecule has 1 N–H and O–H groups in total. The molecule has 0 saturated carbocycles. The van der Waals surface area contributed by atoms with Crippen LogP contribution in [0.4, 0.5) is 18.0 Å². The maximum Gasteiger partial charge on any atom is 0.406 e. The highest BCUT2D eigenvalue weighted by Gasteiger charge is 2.36. The molecular formula is C11H19F3N2O4. The maximum atomic E-state index is 12.4. The van der Waals surface area contributed by atoms with Crippen molar-refractivity contribution in [2.45, 2.75) is 26.1 Å². The Bertz CT molecular complexity index is 334. The number of rotatable bonds is 7. The minimum absolute atomic E-state index is 0.0843. The highest BCUT2D eigenvalue weighted by Crippen LogP contribution is 2.18. The van der Waals surface area contributed by atoms with Gasteiger partial charge in [-0.25, -0.2) is 4.79 Å². The smallest absolute Gasteiger partial charge is 0.406 e. The molecule has 20 heavy (non-hydrogen) atoms. The largest absolute Gasteiger partial charge is 0.480 e. The summed E-state index contributed by atoms with van der Waals surface area (Å²) in [6.07, 6.45) is -4.66. The molecule has 0 spiro atoms. The molecule has 0 bridgehead atoms. The van der Waals surface area contributed by atoms with Crippen molar-refractivity contribution in [3.63, 3.8) is 0 Å². The van der Waals surface area contributed by atoms with Crippen molar-refractivity contribution in [1.29, 1.82) is 0 Å². The fraction of sp³-hybridized carbons (Fsp3) is 0.818. The Labute approximate surface area is 115 Å². The highest BCUT2D eigenvalue weighted by atomic mass is 19.4. The minimum Gasteiger partial charge on any atom is -0.480 e. The molecule has 0 rings (SSSR count). The van der Waals surface area contributed by atoms with Crippen LogP contribution in [0.2, 0.25) is 0 Å². The van der Waals surface area contributed by atoms with Crippen LogP contribution in [0.15, 0.2) is 0 Å². The first kappa shape index (κ1) is 18.5. The van der Waals surface area contributed by atoms with E-state index in [1.165, 1.54) is 7.11 Å². The first-order valence-corrected chi connectivity index (χ1v) is 5.91. The highest BCUT2D eigenvalue weighted by molar-refractivity contribution is 5.80. The van der Waals surface area contributed by atoms with E-state index in [1.54, 1.807) is 13.8 Å². The predicted molar refractivity (Wildman–Crippen MR) is 64.4 cm³/mol. The zero-order valence-electron chi connectivity index (χ0n) is 11.6. The lowest BCUT2D eigenvalue weighted by Crippen LogP contribution is -2.51. The Morgan fingerprint density at radius 3 is 2.20 bits per heavy atom. The third kappa shape index (κ3) is 7.17. The molecule has 0 unspecified atom stereocenters. The van der Waals surface area contributed by atoms with E-state index in [-0.39, 0.29) is 24.1 Å². The number of ether oxygens (including phenoxy) is 1. The molecule has 0 aromatic heterocycles. The number of nitrogens with zero attached hydrogens (tertiary/aromatic N) is 2. The van der Waals surface area contributed by atoms with E-state index in [9.17, 15) is 22.8 Å². The van der Waals surface area contributed by atoms with Crippen molar-refractivity contribution in [3.05, 3.63) is 0 Å². The summed E-state index contributed by atoms with van der Waals surface area (Å²) < 4.78 is 42.0. The van der Waals surface area contributed by atoms with Crippen LogP contribution in [0.5, 0.6) is 0 Å². The second-order valence-electron chi connectivity index (χ2n) is 4.43. The van der Waals surface area contributed by atoms with Crippen LogP contribution < -0.4 is 0 Å². The van der Waals surface area contributed by atoms with Gasteiger partial charge in [0.1, 0.15) is 13.1 Å². The molecular weight excluding hydrogens is 281 g/mol. The van der Waals surface area contributed by atoms with Crippen molar-refractivity contribution in [1.82, 2.24) is 9.80 Å². The zero-order valence-corrected chi connectivity index (χ0v) is 11.6. The molecule has 0 atom stereocenters. The number of carbonyl (C=O) groups excluding carboxylic acids is 1. The van der Waals surface area contributed by atoms with Crippen LogP contribution in [0, 0.1) is 0 Å². The Kier molecular flexibility index (Phi) is 7.33. The molecule has 0 aliphatic rings. The number of urea groups is 1. The second kappa shape index (κ2) is 7.93. The molecule has 0 saturated heterocycles. The Balaban J connectivity index is 5.00. The number of carbonyl (C=O) groups is 2.